The van der Waals surface area contributed by atoms with Crippen LogP contribution in [-0.4, -0.2) is 32.6 Å². The van der Waals surface area contributed by atoms with Gasteiger partial charge in [0, 0.05) is 17.1 Å². The largest absolute Gasteiger partial charge is 0.493 e. The van der Waals surface area contributed by atoms with Crippen molar-refractivity contribution in [3.8, 4) is 11.5 Å². The molecule has 0 atom stereocenters. The Bertz CT molecular complexity index is 759. The molecule has 0 heterocycles. The first kappa shape index (κ1) is 19.0. The number of rotatable bonds is 7. The summed E-state index contributed by atoms with van der Waals surface area (Å²) in [4.78, 5) is 25.1. The van der Waals surface area contributed by atoms with E-state index in [-0.39, 0.29) is 17.8 Å². The first-order valence-corrected chi connectivity index (χ1v) is 10.1. The molecule has 5 nitrogen and oxygen atoms in total. The summed E-state index contributed by atoms with van der Waals surface area (Å²) in [6.45, 7) is -0.120. The van der Waals surface area contributed by atoms with E-state index >= 15 is 0 Å². The molecule has 1 aromatic rings. The Hall–Kier alpha value is -2.30. The van der Waals surface area contributed by atoms with Gasteiger partial charge in [0.15, 0.2) is 23.9 Å². The smallest absolute Gasteiger partial charge is 0.331 e. The number of esters is 1. The highest BCUT2D eigenvalue weighted by Crippen LogP contribution is 2.60. The van der Waals surface area contributed by atoms with Crippen LogP contribution < -0.4 is 9.47 Å². The van der Waals surface area contributed by atoms with Gasteiger partial charge in [-0.2, -0.15) is 0 Å². The molecule has 0 aromatic heterocycles. The Labute approximate surface area is 166 Å². The van der Waals surface area contributed by atoms with Crippen LogP contribution in [0.25, 0.3) is 6.08 Å². The van der Waals surface area contributed by atoms with E-state index in [0.29, 0.717) is 34.8 Å². The van der Waals surface area contributed by atoms with Gasteiger partial charge in [-0.05, 0) is 68.4 Å². The second kappa shape index (κ2) is 7.61. The number of benzene rings is 1. The van der Waals surface area contributed by atoms with Crippen molar-refractivity contribution in [3.05, 3.63) is 29.8 Å². The maximum absolute atomic E-state index is 12.9. The lowest BCUT2D eigenvalue weighted by Gasteiger charge is -2.55. The molecule has 0 saturated heterocycles. The predicted molar refractivity (Wildman–Crippen MR) is 105 cm³/mol. The maximum Gasteiger partial charge on any atom is 0.331 e. The number of ketones is 1. The van der Waals surface area contributed by atoms with Gasteiger partial charge in [-0.15, -0.1) is 0 Å². The van der Waals surface area contributed by atoms with Crippen molar-refractivity contribution in [1.29, 1.82) is 0 Å². The van der Waals surface area contributed by atoms with Gasteiger partial charge in [0.1, 0.15) is 0 Å². The van der Waals surface area contributed by atoms with Gasteiger partial charge in [0.25, 0.3) is 0 Å². The molecule has 0 radical (unpaired) electrons. The first-order chi connectivity index (χ1) is 13.5. The van der Waals surface area contributed by atoms with Gasteiger partial charge in [-0.25, -0.2) is 4.79 Å². The van der Waals surface area contributed by atoms with Crippen LogP contribution in [0.5, 0.6) is 11.5 Å². The van der Waals surface area contributed by atoms with Crippen molar-refractivity contribution < 1.29 is 23.8 Å². The van der Waals surface area contributed by atoms with Gasteiger partial charge < -0.3 is 14.2 Å². The normalized spacial score (nSPS) is 30.4. The fourth-order valence-corrected chi connectivity index (χ4v) is 5.99. The van der Waals surface area contributed by atoms with Crippen molar-refractivity contribution in [3.63, 3.8) is 0 Å². The van der Waals surface area contributed by atoms with Gasteiger partial charge >= 0.3 is 5.97 Å². The van der Waals surface area contributed by atoms with Crippen LogP contribution in [-0.2, 0) is 14.3 Å². The Morgan fingerprint density at radius 2 is 1.68 bits per heavy atom. The SMILES string of the molecule is COc1cccc(C=CC(=O)OCC(=O)C23CC4CC(CC(C4)C2)C3)c1OC. The number of hydrogen-bond acceptors (Lipinski definition) is 5. The van der Waals surface area contributed by atoms with Crippen molar-refractivity contribution in [1.82, 2.24) is 0 Å². The molecule has 1 aromatic carbocycles. The molecule has 0 aliphatic heterocycles. The summed E-state index contributed by atoms with van der Waals surface area (Å²) < 4.78 is 15.9. The summed E-state index contributed by atoms with van der Waals surface area (Å²) in [5.74, 6) is 2.85. The van der Waals surface area contributed by atoms with Gasteiger partial charge in [0.2, 0.25) is 0 Å². The van der Waals surface area contributed by atoms with Crippen LogP contribution in [0, 0.1) is 23.2 Å². The van der Waals surface area contributed by atoms with Gasteiger partial charge in [0.05, 0.1) is 14.2 Å². The number of methoxy groups -OCH3 is 2. The van der Waals surface area contributed by atoms with Crippen LogP contribution >= 0.6 is 0 Å². The van der Waals surface area contributed by atoms with Crippen LogP contribution in [0.2, 0.25) is 0 Å². The average Bonchev–Trinajstić information content (AvgIpc) is 2.68. The molecule has 0 N–H and O–H groups in total. The fourth-order valence-electron chi connectivity index (χ4n) is 5.99. The molecule has 0 amide bonds. The molecule has 4 aliphatic carbocycles. The van der Waals surface area contributed by atoms with Crippen molar-refractivity contribution >= 4 is 17.8 Å². The van der Waals surface area contributed by atoms with Gasteiger partial charge in [-0.1, -0.05) is 12.1 Å². The Kier molecular flexibility index (Phi) is 5.17. The third kappa shape index (κ3) is 3.54. The number of carbonyl (C=O) groups excluding carboxylic acids is 2. The lowest BCUT2D eigenvalue weighted by Crippen LogP contribution is -2.51. The Balaban J connectivity index is 1.36. The molecule has 4 saturated carbocycles. The number of ether oxygens (including phenoxy) is 3. The monoisotopic (exact) mass is 384 g/mol. The number of hydrogen-bond donors (Lipinski definition) is 0. The second-order valence-electron chi connectivity index (χ2n) is 8.64. The van der Waals surface area contributed by atoms with E-state index in [1.54, 1.807) is 26.4 Å². The lowest BCUT2D eigenvalue weighted by molar-refractivity contribution is -0.155. The van der Waals surface area contributed by atoms with Crippen molar-refractivity contribution in [2.45, 2.75) is 38.5 Å². The van der Waals surface area contributed by atoms with E-state index in [4.69, 9.17) is 14.2 Å². The van der Waals surface area contributed by atoms with Crippen molar-refractivity contribution in [2.75, 3.05) is 20.8 Å². The Morgan fingerprint density at radius 3 is 2.25 bits per heavy atom. The van der Waals surface area contributed by atoms with E-state index in [2.05, 4.69) is 0 Å². The molecule has 0 unspecified atom stereocenters. The van der Waals surface area contributed by atoms with Crippen LogP contribution in [0.15, 0.2) is 24.3 Å². The fraction of sp³-hybridized carbons (Fsp3) is 0.565. The first-order valence-electron chi connectivity index (χ1n) is 10.1. The second-order valence-corrected chi connectivity index (χ2v) is 8.64. The third-order valence-corrected chi connectivity index (χ3v) is 6.81. The molecule has 150 valence electrons. The summed E-state index contributed by atoms with van der Waals surface area (Å²) in [6, 6.07) is 5.44. The molecule has 28 heavy (non-hydrogen) atoms. The van der Waals surface area contributed by atoms with Crippen LogP contribution in [0.3, 0.4) is 0 Å². The minimum Gasteiger partial charge on any atom is -0.493 e. The lowest BCUT2D eigenvalue weighted by atomic mass is 9.48. The van der Waals surface area contributed by atoms with E-state index in [0.717, 1.165) is 19.3 Å². The Morgan fingerprint density at radius 1 is 1.04 bits per heavy atom. The van der Waals surface area contributed by atoms with Crippen LogP contribution in [0.4, 0.5) is 0 Å². The third-order valence-electron chi connectivity index (χ3n) is 6.81. The average molecular weight is 384 g/mol. The van der Waals surface area contributed by atoms with E-state index in [1.165, 1.54) is 25.3 Å². The molecule has 0 spiro atoms. The highest BCUT2D eigenvalue weighted by atomic mass is 16.5. The number of carbonyl (C=O) groups is 2. The van der Waals surface area contributed by atoms with E-state index in [9.17, 15) is 9.59 Å². The molecule has 4 bridgehead atoms. The zero-order chi connectivity index (χ0) is 19.7. The topological polar surface area (TPSA) is 61.8 Å². The summed E-state index contributed by atoms with van der Waals surface area (Å²) >= 11 is 0. The zero-order valence-electron chi connectivity index (χ0n) is 16.6. The molecule has 4 fully saturated rings. The standard InChI is InChI=1S/C23H28O5/c1-26-19-5-3-4-18(22(19)27-2)6-7-21(25)28-14-20(24)23-11-15-8-16(12-23)10-17(9-15)13-23/h3-7,15-17H,8-14H2,1-2H3. The molecule has 5 heteroatoms. The highest BCUT2D eigenvalue weighted by Gasteiger charge is 2.54. The quantitative estimate of drug-likeness (QED) is 0.524. The minimum atomic E-state index is -0.511. The summed E-state index contributed by atoms with van der Waals surface area (Å²) in [5.41, 5.74) is 0.487. The number of Topliss-reactive ketones (excluding diaryl/α,β-unsaturated/α-hetero) is 1. The predicted octanol–water partition coefficient (Wildman–Crippen LogP) is 4.05. The maximum atomic E-state index is 12.9. The summed E-state index contributed by atoms with van der Waals surface area (Å²) in [5, 5.41) is 0. The molecular formula is C23H28O5. The van der Waals surface area contributed by atoms with Crippen molar-refractivity contribution in [2.24, 2.45) is 23.2 Å². The summed E-state index contributed by atoms with van der Waals surface area (Å²) in [6.07, 6.45) is 9.81. The molecule has 5 rings (SSSR count). The highest BCUT2D eigenvalue weighted by molar-refractivity contribution is 5.92. The molecule has 4 aliphatic rings. The zero-order valence-corrected chi connectivity index (χ0v) is 16.6. The van der Waals surface area contributed by atoms with Gasteiger partial charge in [-0.3, -0.25) is 4.79 Å². The summed E-state index contributed by atoms with van der Waals surface area (Å²) in [7, 11) is 3.12. The minimum absolute atomic E-state index is 0.118. The van der Waals surface area contributed by atoms with E-state index in [1.807, 2.05) is 12.1 Å². The van der Waals surface area contributed by atoms with Crippen LogP contribution in [0.1, 0.15) is 44.1 Å². The van der Waals surface area contributed by atoms with E-state index < -0.39 is 5.97 Å². The number of para-hydroxylation sites is 1. The molecular weight excluding hydrogens is 356 g/mol.